The van der Waals surface area contributed by atoms with Crippen molar-refractivity contribution in [2.75, 3.05) is 12.4 Å². The molecule has 0 unspecified atom stereocenters. The summed E-state index contributed by atoms with van der Waals surface area (Å²) in [5.41, 5.74) is 3.01. The van der Waals surface area contributed by atoms with Gasteiger partial charge in [0.25, 0.3) is 11.8 Å². The third kappa shape index (κ3) is 3.68. The van der Waals surface area contributed by atoms with Gasteiger partial charge in [-0.25, -0.2) is 4.68 Å². The molecule has 0 atom stereocenters. The molecule has 1 heterocycles. The largest absolute Gasteiger partial charge is 0.355 e. The highest BCUT2D eigenvalue weighted by Gasteiger charge is 2.20. The number of hydrogen-bond acceptors (Lipinski definition) is 4. The molecule has 0 saturated carbocycles. The monoisotopic (exact) mass is 383 g/mol. The Balaban J connectivity index is 1.93. The van der Waals surface area contributed by atoms with Crippen molar-refractivity contribution in [1.82, 2.24) is 20.3 Å². The van der Waals surface area contributed by atoms with Crippen molar-refractivity contribution >= 4 is 29.1 Å². The Morgan fingerprint density at radius 3 is 2.52 bits per heavy atom. The van der Waals surface area contributed by atoms with Crippen LogP contribution in [0.1, 0.15) is 32.1 Å². The summed E-state index contributed by atoms with van der Waals surface area (Å²) in [6.45, 7) is 3.55. The number of carbonyl (C=O) groups excluding carboxylic acids is 2. The number of aryl methyl sites for hydroxylation is 1. The molecule has 2 aromatic carbocycles. The van der Waals surface area contributed by atoms with Gasteiger partial charge in [-0.1, -0.05) is 35.0 Å². The van der Waals surface area contributed by atoms with Crippen molar-refractivity contribution in [3.05, 3.63) is 70.0 Å². The first-order chi connectivity index (χ1) is 12.9. The minimum absolute atomic E-state index is 0.166. The van der Waals surface area contributed by atoms with Crippen molar-refractivity contribution < 1.29 is 9.59 Å². The van der Waals surface area contributed by atoms with Gasteiger partial charge < -0.3 is 10.6 Å². The van der Waals surface area contributed by atoms with Crippen molar-refractivity contribution in [2.24, 2.45) is 0 Å². The summed E-state index contributed by atoms with van der Waals surface area (Å²) in [7, 11) is 1.54. The molecule has 0 saturated heterocycles. The Morgan fingerprint density at radius 2 is 1.81 bits per heavy atom. The molecule has 0 spiro atoms. The van der Waals surface area contributed by atoms with E-state index >= 15 is 0 Å². The molecular formula is C19H18ClN5O2. The topological polar surface area (TPSA) is 88.9 Å². The molecule has 3 aromatic rings. The van der Waals surface area contributed by atoms with Gasteiger partial charge in [0.15, 0.2) is 5.69 Å². The number of anilines is 1. The molecule has 0 aliphatic carbocycles. The SMILES string of the molecule is CNC(=O)c1c(C)cccc1NC(=O)c1nnn(-c2cccc(Cl)c2)c1C. The van der Waals surface area contributed by atoms with E-state index in [0.29, 0.717) is 27.7 Å². The third-order valence-corrected chi connectivity index (χ3v) is 4.37. The van der Waals surface area contributed by atoms with Gasteiger partial charge in [0.05, 0.1) is 22.6 Å². The maximum atomic E-state index is 12.7. The summed E-state index contributed by atoms with van der Waals surface area (Å²) in [6.07, 6.45) is 0. The Hall–Kier alpha value is -3.19. The minimum atomic E-state index is -0.448. The highest BCUT2D eigenvalue weighted by molar-refractivity contribution is 6.30. The van der Waals surface area contributed by atoms with Crippen LogP contribution in [-0.4, -0.2) is 33.9 Å². The van der Waals surface area contributed by atoms with Gasteiger partial charge in [-0.2, -0.15) is 0 Å². The fraction of sp³-hybridized carbons (Fsp3) is 0.158. The molecule has 1 aromatic heterocycles. The van der Waals surface area contributed by atoms with Crippen LogP contribution < -0.4 is 10.6 Å². The molecular weight excluding hydrogens is 366 g/mol. The Labute approximate surface area is 161 Å². The minimum Gasteiger partial charge on any atom is -0.355 e. The summed E-state index contributed by atoms with van der Waals surface area (Å²) in [5.74, 6) is -0.723. The highest BCUT2D eigenvalue weighted by atomic mass is 35.5. The number of carbonyl (C=O) groups is 2. The molecule has 3 rings (SSSR count). The lowest BCUT2D eigenvalue weighted by Gasteiger charge is -2.12. The van der Waals surface area contributed by atoms with Gasteiger partial charge in [-0.15, -0.1) is 5.10 Å². The van der Waals surface area contributed by atoms with E-state index < -0.39 is 5.91 Å². The molecule has 7 nitrogen and oxygen atoms in total. The zero-order valence-corrected chi connectivity index (χ0v) is 15.8. The molecule has 27 heavy (non-hydrogen) atoms. The lowest BCUT2D eigenvalue weighted by molar-refractivity contribution is 0.0963. The smallest absolute Gasteiger partial charge is 0.278 e. The van der Waals surface area contributed by atoms with Crippen LogP contribution in [0.4, 0.5) is 5.69 Å². The van der Waals surface area contributed by atoms with Crippen LogP contribution in [0.3, 0.4) is 0 Å². The van der Waals surface area contributed by atoms with Gasteiger partial charge >= 0.3 is 0 Å². The number of benzene rings is 2. The van der Waals surface area contributed by atoms with Crippen molar-refractivity contribution in [2.45, 2.75) is 13.8 Å². The second kappa shape index (κ2) is 7.59. The number of amides is 2. The Morgan fingerprint density at radius 1 is 1.07 bits per heavy atom. The van der Waals surface area contributed by atoms with Crippen molar-refractivity contribution in [1.29, 1.82) is 0 Å². The van der Waals surface area contributed by atoms with Crippen LogP contribution in [0.5, 0.6) is 0 Å². The first-order valence-corrected chi connectivity index (χ1v) is 8.61. The van der Waals surface area contributed by atoms with Crippen LogP contribution in [0.25, 0.3) is 5.69 Å². The van der Waals surface area contributed by atoms with Gasteiger partial charge in [0, 0.05) is 12.1 Å². The Kier molecular flexibility index (Phi) is 5.23. The zero-order valence-electron chi connectivity index (χ0n) is 15.1. The van der Waals surface area contributed by atoms with Crippen LogP contribution >= 0.6 is 11.6 Å². The summed E-state index contributed by atoms with van der Waals surface area (Å²) in [4.78, 5) is 24.9. The molecule has 0 radical (unpaired) electrons. The second-order valence-electron chi connectivity index (χ2n) is 5.95. The van der Waals surface area contributed by atoms with Crippen LogP contribution in [0, 0.1) is 13.8 Å². The maximum absolute atomic E-state index is 12.7. The van der Waals surface area contributed by atoms with E-state index in [4.69, 9.17) is 11.6 Å². The van der Waals surface area contributed by atoms with E-state index in [-0.39, 0.29) is 11.6 Å². The summed E-state index contributed by atoms with van der Waals surface area (Å²) in [6, 6.07) is 12.3. The molecule has 0 aliphatic rings. The first-order valence-electron chi connectivity index (χ1n) is 8.23. The summed E-state index contributed by atoms with van der Waals surface area (Å²) in [5, 5.41) is 13.9. The quantitative estimate of drug-likeness (QED) is 0.724. The number of rotatable bonds is 4. The zero-order chi connectivity index (χ0) is 19.6. The van der Waals surface area contributed by atoms with Crippen LogP contribution in [0.2, 0.25) is 5.02 Å². The number of halogens is 1. The van der Waals surface area contributed by atoms with Crippen molar-refractivity contribution in [3.8, 4) is 5.69 Å². The molecule has 0 aliphatic heterocycles. The highest BCUT2D eigenvalue weighted by Crippen LogP contribution is 2.21. The average Bonchev–Trinajstić information content (AvgIpc) is 3.03. The standard InChI is InChI=1S/C19H18ClN5O2/c1-11-6-4-9-15(16(11)18(26)21-3)22-19(27)17-12(2)25(24-23-17)14-8-5-7-13(20)10-14/h4-10H,1-3H3,(H,21,26)(H,22,27). The van der Waals surface area contributed by atoms with Crippen molar-refractivity contribution in [3.63, 3.8) is 0 Å². The average molecular weight is 384 g/mol. The Bertz CT molecular complexity index is 1030. The van der Waals surface area contributed by atoms with Crippen LogP contribution in [0.15, 0.2) is 42.5 Å². The predicted octanol–water partition coefficient (Wildman–Crippen LogP) is 3.15. The molecule has 2 N–H and O–H groups in total. The van der Waals surface area contributed by atoms with Gasteiger partial charge in [-0.3, -0.25) is 9.59 Å². The van der Waals surface area contributed by atoms with E-state index in [2.05, 4.69) is 20.9 Å². The van der Waals surface area contributed by atoms with E-state index in [9.17, 15) is 9.59 Å². The normalized spacial score (nSPS) is 10.5. The number of nitrogens with one attached hydrogen (secondary N) is 2. The van der Waals surface area contributed by atoms with E-state index in [0.717, 1.165) is 5.56 Å². The van der Waals surface area contributed by atoms with E-state index in [1.54, 1.807) is 57.3 Å². The predicted molar refractivity (Wildman–Crippen MR) is 104 cm³/mol. The number of aromatic nitrogens is 3. The fourth-order valence-corrected chi connectivity index (χ4v) is 2.96. The van der Waals surface area contributed by atoms with E-state index in [1.807, 2.05) is 6.07 Å². The molecule has 0 fully saturated rings. The third-order valence-electron chi connectivity index (χ3n) is 4.14. The summed E-state index contributed by atoms with van der Waals surface area (Å²) >= 11 is 6.02. The maximum Gasteiger partial charge on any atom is 0.278 e. The fourth-order valence-electron chi connectivity index (χ4n) is 2.77. The first kappa shape index (κ1) is 18.6. The lowest BCUT2D eigenvalue weighted by Crippen LogP contribution is -2.23. The summed E-state index contributed by atoms with van der Waals surface area (Å²) < 4.78 is 1.54. The number of nitrogens with zero attached hydrogens (tertiary/aromatic N) is 3. The second-order valence-corrected chi connectivity index (χ2v) is 6.38. The number of hydrogen-bond donors (Lipinski definition) is 2. The molecule has 8 heteroatoms. The van der Waals surface area contributed by atoms with Gasteiger partial charge in [-0.05, 0) is 43.7 Å². The van der Waals surface area contributed by atoms with Crippen LogP contribution in [-0.2, 0) is 0 Å². The van der Waals surface area contributed by atoms with Gasteiger partial charge in [0.1, 0.15) is 0 Å². The molecule has 0 bridgehead atoms. The van der Waals surface area contributed by atoms with Gasteiger partial charge in [0.2, 0.25) is 0 Å². The molecule has 138 valence electrons. The lowest BCUT2D eigenvalue weighted by atomic mass is 10.1. The molecule has 2 amide bonds. The van der Waals surface area contributed by atoms with E-state index in [1.165, 1.54) is 4.68 Å².